The van der Waals surface area contributed by atoms with Crippen molar-refractivity contribution < 1.29 is 9.47 Å². The first-order valence-corrected chi connectivity index (χ1v) is 6.32. The lowest BCUT2D eigenvalue weighted by Crippen LogP contribution is -2.34. The van der Waals surface area contributed by atoms with Crippen LogP contribution in [0.15, 0.2) is 0 Å². The predicted molar refractivity (Wildman–Crippen MR) is 69.4 cm³/mol. The first-order chi connectivity index (χ1) is 7.43. The largest absolute Gasteiger partial charge is 0.379 e. The Kier molecular flexibility index (Phi) is 11.8. The molecule has 0 bridgehead atoms. The Morgan fingerprint density at radius 3 is 2.44 bits per heavy atom. The molecule has 1 N–H and O–H groups in total. The molecule has 0 aromatic rings. The summed E-state index contributed by atoms with van der Waals surface area (Å²) in [6.07, 6.45) is 6.26. The second-order valence-corrected chi connectivity index (χ2v) is 4.16. The van der Waals surface area contributed by atoms with Crippen molar-refractivity contribution in [2.75, 3.05) is 33.0 Å². The Bertz CT molecular complexity index is 141. The molecule has 1 aliphatic heterocycles. The van der Waals surface area contributed by atoms with Gasteiger partial charge in [-0.15, -0.1) is 12.4 Å². The first-order valence-electron chi connectivity index (χ1n) is 6.32. The van der Waals surface area contributed by atoms with E-state index in [-0.39, 0.29) is 12.4 Å². The molecule has 98 valence electrons. The van der Waals surface area contributed by atoms with Gasteiger partial charge in [0.25, 0.3) is 0 Å². The van der Waals surface area contributed by atoms with E-state index in [4.69, 9.17) is 9.47 Å². The molecule has 0 aromatic heterocycles. The van der Waals surface area contributed by atoms with Crippen LogP contribution in [0.4, 0.5) is 0 Å². The third-order valence-electron chi connectivity index (χ3n) is 2.74. The molecule has 0 aromatic carbocycles. The minimum absolute atomic E-state index is 0. The Hall–Kier alpha value is 0.170. The first kappa shape index (κ1) is 16.2. The average Bonchev–Trinajstić information content (AvgIpc) is 2.29. The van der Waals surface area contributed by atoms with Crippen LogP contribution >= 0.6 is 12.4 Å². The van der Waals surface area contributed by atoms with Crippen LogP contribution in [0.1, 0.15) is 39.0 Å². The Morgan fingerprint density at radius 1 is 1.06 bits per heavy atom. The molecule has 0 spiro atoms. The zero-order valence-corrected chi connectivity index (χ0v) is 11.2. The quantitative estimate of drug-likeness (QED) is 0.672. The van der Waals surface area contributed by atoms with Crippen LogP contribution < -0.4 is 5.32 Å². The fourth-order valence-corrected chi connectivity index (χ4v) is 1.86. The monoisotopic (exact) mass is 251 g/mol. The minimum Gasteiger partial charge on any atom is -0.379 e. The minimum atomic E-state index is 0. The van der Waals surface area contributed by atoms with Gasteiger partial charge in [0.05, 0.1) is 13.2 Å². The normalized spacial score (nSPS) is 20.4. The van der Waals surface area contributed by atoms with Crippen LogP contribution in [0.25, 0.3) is 0 Å². The van der Waals surface area contributed by atoms with Gasteiger partial charge >= 0.3 is 0 Å². The van der Waals surface area contributed by atoms with Crippen LogP contribution in [-0.2, 0) is 9.47 Å². The molecule has 1 aliphatic rings. The number of nitrogens with one attached hydrogen (secondary N) is 1. The molecule has 4 heteroatoms. The highest BCUT2D eigenvalue weighted by molar-refractivity contribution is 5.85. The number of hydrogen-bond acceptors (Lipinski definition) is 3. The highest BCUT2D eigenvalue weighted by Crippen LogP contribution is 2.09. The summed E-state index contributed by atoms with van der Waals surface area (Å²) in [6.45, 7) is 6.51. The molecule has 1 atom stereocenters. The summed E-state index contributed by atoms with van der Waals surface area (Å²) in [4.78, 5) is 0. The van der Waals surface area contributed by atoms with Crippen molar-refractivity contribution in [2.45, 2.75) is 45.1 Å². The van der Waals surface area contributed by atoms with Gasteiger partial charge < -0.3 is 14.8 Å². The van der Waals surface area contributed by atoms with Crippen molar-refractivity contribution in [2.24, 2.45) is 0 Å². The van der Waals surface area contributed by atoms with Gasteiger partial charge in [-0.3, -0.25) is 0 Å². The van der Waals surface area contributed by atoms with E-state index in [9.17, 15) is 0 Å². The molecule has 0 radical (unpaired) electrons. The van der Waals surface area contributed by atoms with E-state index in [1.165, 1.54) is 25.8 Å². The summed E-state index contributed by atoms with van der Waals surface area (Å²) in [5, 5.41) is 3.52. The smallest absolute Gasteiger partial charge is 0.0700 e. The highest BCUT2D eigenvalue weighted by atomic mass is 35.5. The number of hydrogen-bond donors (Lipinski definition) is 1. The maximum absolute atomic E-state index is 5.52. The summed E-state index contributed by atoms with van der Waals surface area (Å²) in [7, 11) is 0. The third kappa shape index (κ3) is 8.34. The zero-order valence-electron chi connectivity index (χ0n) is 10.4. The second kappa shape index (κ2) is 11.6. The van der Waals surface area contributed by atoms with E-state index >= 15 is 0 Å². The zero-order chi connectivity index (χ0) is 10.8. The standard InChI is InChI=1S/C12H25NO2.ClH/c1-2-8-14-10-11-15-9-6-12-5-3-4-7-13-12;/h12-13H,2-11H2,1H3;1H. The molecular formula is C12H26ClNO2. The Morgan fingerprint density at radius 2 is 1.81 bits per heavy atom. The van der Waals surface area contributed by atoms with E-state index in [2.05, 4.69) is 12.2 Å². The fourth-order valence-electron chi connectivity index (χ4n) is 1.86. The number of piperidine rings is 1. The van der Waals surface area contributed by atoms with Crippen molar-refractivity contribution >= 4 is 12.4 Å². The highest BCUT2D eigenvalue weighted by Gasteiger charge is 2.11. The third-order valence-corrected chi connectivity index (χ3v) is 2.74. The molecule has 1 saturated heterocycles. The molecular weight excluding hydrogens is 226 g/mol. The molecule has 0 aliphatic carbocycles. The van der Waals surface area contributed by atoms with E-state index in [0.29, 0.717) is 6.04 Å². The second-order valence-electron chi connectivity index (χ2n) is 4.16. The van der Waals surface area contributed by atoms with Crippen molar-refractivity contribution in [1.29, 1.82) is 0 Å². The summed E-state index contributed by atoms with van der Waals surface area (Å²) in [6, 6.07) is 0.690. The number of ether oxygens (including phenoxy) is 2. The van der Waals surface area contributed by atoms with Crippen LogP contribution in [0, 0.1) is 0 Å². The van der Waals surface area contributed by atoms with Crippen LogP contribution in [0.2, 0.25) is 0 Å². The van der Waals surface area contributed by atoms with Gasteiger partial charge in [-0.05, 0) is 32.2 Å². The van der Waals surface area contributed by atoms with E-state index in [0.717, 1.165) is 39.3 Å². The van der Waals surface area contributed by atoms with Gasteiger partial charge in [-0.25, -0.2) is 0 Å². The molecule has 3 nitrogen and oxygen atoms in total. The Labute approximate surface area is 106 Å². The fraction of sp³-hybridized carbons (Fsp3) is 1.00. The number of halogens is 1. The lowest BCUT2D eigenvalue weighted by Gasteiger charge is -2.23. The van der Waals surface area contributed by atoms with Crippen molar-refractivity contribution in [1.82, 2.24) is 5.32 Å². The predicted octanol–water partition coefficient (Wildman–Crippen LogP) is 2.38. The molecule has 1 rings (SSSR count). The summed E-state index contributed by atoms with van der Waals surface area (Å²) < 4.78 is 10.9. The lowest BCUT2D eigenvalue weighted by atomic mass is 10.0. The SMILES string of the molecule is CCCOCCOCCC1CCCCN1.Cl. The van der Waals surface area contributed by atoms with E-state index in [1.807, 2.05) is 0 Å². The van der Waals surface area contributed by atoms with Crippen LogP contribution in [0.5, 0.6) is 0 Å². The molecule has 0 amide bonds. The lowest BCUT2D eigenvalue weighted by molar-refractivity contribution is 0.0438. The van der Waals surface area contributed by atoms with Gasteiger partial charge in [-0.1, -0.05) is 13.3 Å². The Balaban J connectivity index is 0.00000225. The van der Waals surface area contributed by atoms with Crippen molar-refractivity contribution in [3.8, 4) is 0 Å². The van der Waals surface area contributed by atoms with Gasteiger partial charge in [0.2, 0.25) is 0 Å². The molecule has 0 saturated carbocycles. The maximum Gasteiger partial charge on any atom is 0.0700 e. The summed E-state index contributed by atoms with van der Waals surface area (Å²) in [5.41, 5.74) is 0. The van der Waals surface area contributed by atoms with Crippen molar-refractivity contribution in [3.05, 3.63) is 0 Å². The summed E-state index contributed by atoms with van der Waals surface area (Å²) >= 11 is 0. The van der Waals surface area contributed by atoms with Gasteiger partial charge in [0.1, 0.15) is 0 Å². The van der Waals surface area contributed by atoms with Gasteiger partial charge in [-0.2, -0.15) is 0 Å². The molecule has 1 fully saturated rings. The van der Waals surface area contributed by atoms with Crippen LogP contribution in [-0.4, -0.2) is 39.0 Å². The molecule has 1 unspecified atom stereocenters. The van der Waals surface area contributed by atoms with E-state index < -0.39 is 0 Å². The average molecular weight is 252 g/mol. The van der Waals surface area contributed by atoms with E-state index in [1.54, 1.807) is 0 Å². The van der Waals surface area contributed by atoms with Gasteiger partial charge in [0.15, 0.2) is 0 Å². The maximum atomic E-state index is 5.52. The van der Waals surface area contributed by atoms with Crippen LogP contribution in [0.3, 0.4) is 0 Å². The topological polar surface area (TPSA) is 30.5 Å². The molecule has 16 heavy (non-hydrogen) atoms. The van der Waals surface area contributed by atoms with Crippen molar-refractivity contribution in [3.63, 3.8) is 0 Å². The number of rotatable bonds is 8. The summed E-state index contributed by atoms with van der Waals surface area (Å²) in [5.74, 6) is 0. The van der Waals surface area contributed by atoms with Gasteiger partial charge in [0, 0.05) is 19.3 Å². The molecule has 1 heterocycles.